The van der Waals surface area contributed by atoms with Crippen molar-refractivity contribution in [2.24, 2.45) is 0 Å². The van der Waals surface area contributed by atoms with Crippen molar-refractivity contribution in [3.63, 3.8) is 0 Å². The molecule has 0 spiro atoms. The SMILES string of the molecule is O=C(NNC(=O)c1nn(Cc2ccccc2)c(=O)c2ccccc12)c1cnc(Cl)c(Cl)c1. The number of carbonyl (C=O) groups is 2. The van der Waals surface area contributed by atoms with E-state index in [1.165, 1.54) is 16.9 Å². The molecular weight excluding hydrogens is 453 g/mol. The molecule has 2 N–H and O–H groups in total. The molecule has 4 rings (SSSR count). The van der Waals surface area contributed by atoms with Crippen LogP contribution in [0.5, 0.6) is 0 Å². The lowest BCUT2D eigenvalue weighted by Gasteiger charge is -2.12. The number of nitrogens with one attached hydrogen (secondary N) is 2. The van der Waals surface area contributed by atoms with Crippen molar-refractivity contribution in [3.05, 3.63) is 104 Å². The van der Waals surface area contributed by atoms with E-state index < -0.39 is 11.8 Å². The molecule has 0 unspecified atom stereocenters. The van der Waals surface area contributed by atoms with Gasteiger partial charge in [0.1, 0.15) is 5.15 Å². The number of hydrogen-bond acceptors (Lipinski definition) is 5. The van der Waals surface area contributed by atoms with Gasteiger partial charge in [0.2, 0.25) is 0 Å². The maximum absolute atomic E-state index is 12.9. The van der Waals surface area contributed by atoms with Gasteiger partial charge in [0.15, 0.2) is 5.69 Å². The molecule has 2 aromatic heterocycles. The third kappa shape index (κ3) is 4.46. The van der Waals surface area contributed by atoms with E-state index in [1.807, 2.05) is 30.3 Å². The Bertz CT molecular complexity index is 1390. The Kier molecular flexibility index (Phi) is 6.16. The molecule has 0 atom stereocenters. The first kappa shape index (κ1) is 21.5. The molecule has 0 aliphatic heterocycles. The summed E-state index contributed by atoms with van der Waals surface area (Å²) in [6.07, 6.45) is 1.23. The van der Waals surface area contributed by atoms with Crippen LogP contribution >= 0.6 is 23.2 Å². The maximum atomic E-state index is 12.9. The van der Waals surface area contributed by atoms with E-state index in [0.29, 0.717) is 10.8 Å². The van der Waals surface area contributed by atoms with Gasteiger partial charge in [-0.1, -0.05) is 71.7 Å². The highest BCUT2D eigenvalue weighted by atomic mass is 35.5. The Morgan fingerprint density at radius 3 is 2.28 bits per heavy atom. The minimum atomic E-state index is -0.690. The largest absolute Gasteiger partial charge is 0.290 e. The molecular formula is C22H15Cl2N5O3. The minimum absolute atomic E-state index is 0.0105. The van der Waals surface area contributed by atoms with Gasteiger partial charge < -0.3 is 0 Å². The van der Waals surface area contributed by atoms with Crippen LogP contribution in [0.2, 0.25) is 10.2 Å². The predicted octanol–water partition coefficient (Wildman–Crippen LogP) is 3.22. The first-order valence-corrected chi connectivity index (χ1v) is 10.1. The summed E-state index contributed by atoms with van der Waals surface area (Å²) < 4.78 is 1.22. The van der Waals surface area contributed by atoms with Crippen LogP contribution < -0.4 is 16.4 Å². The van der Waals surface area contributed by atoms with Crippen molar-refractivity contribution >= 4 is 45.8 Å². The molecule has 8 nitrogen and oxygen atoms in total. The fraction of sp³-hybridized carbons (Fsp3) is 0.0455. The zero-order valence-electron chi connectivity index (χ0n) is 16.4. The van der Waals surface area contributed by atoms with Gasteiger partial charge in [0.25, 0.3) is 17.4 Å². The molecule has 0 bridgehead atoms. The van der Waals surface area contributed by atoms with Crippen LogP contribution in [0.1, 0.15) is 26.4 Å². The summed E-state index contributed by atoms with van der Waals surface area (Å²) in [6.45, 7) is 0.187. The third-order valence-corrected chi connectivity index (χ3v) is 5.29. The van der Waals surface area contributed by atoms with Gasteiger partial charge in [0, 0.05) is 11.6 Å². The lowest BCUT2D eigenvalue weighted by atomic mass is 10.1. The quantitative estimate of drug-likeness (QED) is 0.354. The average Bonchev–Trinajstić information content (AvgIpc) is 2.81. The number of pyridine rings is 1. The number of hydrazine groups is 1. The van der Waals surface area contributed by atoms with E-state index in [4.69, 9.17) is 23.2 Å². The molecule has 0 fully saturated rings. The normalized spacial score (nSPS) is 10.7. The Morgan fingerprint density at radius 1 is 0.906 bits per heavy atom. The molecule has 0 radical (unpaired) electrons. The van der Waals surface area contributed by atoms with Gasteiger partial charge in [-0.2, -0.15) is 5.10 Å². The molecule has 32 heavy (non-hydrogen) atoms. The van der Waals surface area contributed by atoms with E-state index >= 15 is 0 Å². The summed E-state index contributed by atoms with van der Waals surface area (Å²) in [6, 6.07) is 17.2. The highest BCUT2D eigenvalue weighted by Crippen LogP contribution is 2.19. The molecule has 2 heterocycles. The van der Waals surface area contributed by atoms with Crippen LogP contribution in [0.4, 0.5) is 0 Å². The molecule has 2 amide bonds. The average molecular weight is 468 g/mol. The summed E-state index contributed by atoms with van der Waals surface area (Å²) in [5, 5.41) is 5.13. The zero-order chi connectivity index (χ0) is 22.7. The molecule has 0 aliphatic rings. The van der Waals surface area contributed by atoms with E-state index in [0.717, 1.165) is 5.56 Å². The monoisotopic (exact) mass is 467 g/mol. The summed E-state index contributed by atoms with van der Waals surface area (Å²) in [4.78, 5) is 41.9. The van der Waals surface area contributed by atoms with Crippen molar-refractivity contribution in [1.29, 1.82) is 0 Å². The van der Waals surface area contributed by atoms with Crippen molar-refractivity contribution in [3.8, 4) is 0 Å². The standard InChI is InChI=1S/C22H15Cl2N5O3/c23-17-10-14(11-25-19(17)24)20(30)26-27-21(31)18-15-8-4-5-9-16(15)22(32)29(28-18)12-13-6-2-1-3-7-13/h1-11H,12H2,(H,26,30)(H,27,31). The molecule has 2 aromatic carbocycles. The third-order valence-electron chi connectivity index (χ3n) is 4.61. The fourth-order valence-electron chi connectivity index (χ4n) is 3.06. The lowest BCUT2D eigenvalue weighted by Crippen LogP contribution is -2.42. The molecule has 160 valence electrons. The number of benzene rings is 2. The summed E-state index contributed by atoms with van der Waals surface area (Å²) in [7, 11) is 0. The van der Waals surface area contributed by atoms with Crippen molar-refractivity contribution in [2.45, 2.75) is 6.54 Å². The minimum Gasteiger partial charge on any atom is -0.267 e. The second-order valence-electron chi connectivity index (χ2n) is 6.75. The van der Waals surface area contributed by atoms with Gasteiger partial charge in [-0.25, -0.2) is 9.67 Å². The second-order valence-corrected chi connectivity index (χ2v) is 7.51. The maximum Gasteiger partial charge on any atom is 0.290 e. The van der Waals surface area contributed by atoms with Crippen molar-refractivity contribution in [1.82, 2.24) is 25.6 Å². The van der Waals surface area contributed by atoms with Crippen molar-refractivity contribution in [2.75, 3.05) is 0 Å². The highest BCUT2D eigenvalue weighted by Gasteiger charge is 2.18. The number of rotatable bonds is 4. The fourth-order valence-corrected chi connectivity index (χ4v) is 3.33. The lowest BCUT2D eigenvalue weighted by molar-refractivity contribution is 0.0843. The van der Waals surface area contributed by atoms with E-state index in [2.05, 4.69) is 20.9 Å². The van der Waals surface area contributed by atoms with Gasteiger partial charge in [-0.15, -0.1) is 0 Å². The summed E-state index contributed by atoms with van der Waals surface area (Å²) >= 11 is 11.6. The first-order chi connectivity index (χ1) is 15.4. The van der Waals surface area contributed by atoms with Gasteiger partial charge >= 0.3 is 0 Å². The van der Waals surface area contributed by atoms with E-state index in [1.54, 1.807) is 24.3 Å². The van der Waals surface area contributed by atoms with E-state index in [-0.39, 0.29) is 33.5 Å². The van der Waals surface area contributed by atoms with Crippen molar-refractivity contribution < 1.29 is 9.59 Å². The zero-order valence-corrected chi connectivity index (χ0v) is 17.9. The smallest absolute Gasteiger partial charge is 0.267 e. The topological polar surface area (TPSA) is 106 Å². The van der Waals surface area contributed by atoms with Gasteiger partial charge in [-0.05, 0) is 17.7 Å². The van der Waals surface area contributed by atoms with Crippen LogP contribution in [-0.2, 0) is 6.54 Å². The molecule has 4 aromatic rings. The van der Waals surface area contributed by atoms with Crippen LogP contribution in [-0.4, -0.2) is 26.6 Å². The van der Waals surface area contributed by atoms with Crippen LogP contribution in [0.25, 0.3) is 10.8 Å². The number of carbonyl (C=O) groups excluding carboxylic acids is 2. The number of aromatic nitrogens is 3. The number of hydrogen-bond donors (Lipinski definition) is 2. The first-order valence-electron chi connectivity index (χ1n) is 9.39. The molecule has 0 saturated heterocycles. The Morgan fingerprint density at radius 2 is 1.56 bits per heavy atom. The number of nitrogens with zero attached hydrogens (tertiary/aromatic N) is 3. The molecule has 0 aliphatic carbocycles. The Balaban J connectivity index is 1.63. The highest BCUT2D eigenvalue weighted by molar-refractivity contribution is 6.41. The van der Waals surface area contributed by atoms with Crippen LogP contribution in [0.3, 0.4) is 0 Å². The van der Waals surface area contributed by atoms with E-state index in [9.17, 15) is 14.4 Å². The summed E-state index contributed by atoms with van der Waals surface area (Å²) in [5.74, 6) is -1.34. The molecule has 10 heteroatoms. The predicted molar refractivity (Wildman–Crippen MR) is 121 cm³/mol. The number of amides is 2. The number of fused-ring (bicyclic) bond motifs is 1. The number of halogens is 2. The Labute approximate surface area is 191 Å². The van der Waals surface area contributed by atoms with Crippen LogP contribution in [0, 0.1) is 0 Å². The van der Waals surface area contributed by atoms with Crippen LogP contribution in [0.15, 0.2) is 71.7 Å². The van der Waals surface area contributed by atoms with Gasteiger partial charge in [-0.3, -0.25) is 25.2 Å². The van der Waals surface area contributed by atoms with Gasteiger partial charge in [0.05, 0.1) is 22.5 Å². The Hall–Kier alpha value is -3.75. The second kappa shape index (κ2) is 9.17. The summed E-state index contributed by atoms with van der Waals surface area (Å²) in [5.41, 5.74) is 5.22. The molecule has 0 saturated carbocycles.